The lowest BCUT2D eigenvalue weighted by Gasteiger charge is -2.43. The van der Waals surface area contributed by atoms with Gasteiger partial charge in [-0.1, -0.05) is 0 Å². The van der Waals surface area contributed by atoms with Crippen LogP contribution in [0.15, 0.2) is 0 Å². The van der Waals surface area contributed by atoms with E-state index in [1.807, 2.05) is 4.74 Å². The molecule has 0 aliphatic rings. The first-order valence-corrected chi connectivity index (χ1v) is 6.27. The topological polar surface area (TPSA) is 26.3 Å². The molecule has 0 aromatic carbocycles. The number of ether oxygens (including phenoxy) is 1. The van der Waals surface area contributed by atoms with E-state index in [4.69, 9.17) is 0 Å². The van der Waals surface area contributed by atoms with Gasteiger partial charge in [-0.3, -0.25) is 4.79 Å². The second-order valence-corrected chi connectivity index (χ2v) is 5.25. The van der Waals surface area contributed by atoms with Crippen LogP contribution in [0, 0.1) is 0 Å². The molecule has 0 aliphatic heterocycles. The van der Waals surface area contributed by atoms with Crippen LogP contribution in [0.5, 0.6) is 0 Å². The van der Waals surface area contributed by atoms with Crippen molar-refractivity contribution < 1.29 is 92.9 Å². The maximum atomic E-state index is 13.2. The van der Waals surface area contributed by atoms with E-state index in [9.17, 15) is 88.2 Å². The van der Waals surface area contributed by atoms with Crippen LogP contribution in [0.25, 0.3) is 0 Å². The fraction of sp³-hybridized carbons (Fsp3) is 0.900. The number of carbonyl (C=O) groups excluding carboxylic acids is 1. The number of alkyl halides is 19. The molecule has 0 aliphatic carbocycles. The standard InChI is InChI=1S/C10HF19O2/c11-2(12,3(13,14)5(17,18)7(21,22)9(25,26)27)4(15,16)6(19,20)8(23,24)10(28,29)31-1-30/h1H. The molecule has 0 rings (SSSR count). The first-order chi connectivity index (χ1) is 13.1. The van der Waals surface area contributed by atoms with E-state index in [2.05, 4.69) is 0 Å². The van der Waals surface area contributed by atoms with Crippen molar-refractivity contribution >= 4 is 6.47 Å². The minimum atomic E-state index is -9.00. The van der Waals surface area contributed by atoms with Crippen molar-refractivity contribution in [2.24, 2.45) is 0 Å². The minimum absolute atomic E-state index is 1.88. The monoisotopic (exact) mass is 514 g/mol. The van der Waals surface area contributed by atoms with Gasteiger partial charge in [-0.2, -0.15) is 83.4 Å². The number of carbonyl (C=O) groups is 1. The van der Waals surface area contributed by atoms with E-state index in [0.717, 1.165) is 0 Å². The molecule has 31 heavy (non-hydrogen) atoms. The molecule has 186 valence electrons. The van der Waals surface area contributed by atoms with E-state index in [0.29, 0.717) is 0 Å². The Bertz CT molecular complexity index is 674. The van der Waals surface area contributed by atoms with Crippen LogP contribution in [-0.2, 0) is 9.53 Å². The first kappa shape index (κ1) is 29.1. The van der Waals surface area contributed by atoms with Gasteiger partial charge in [-0.25, -0.2) is 0 Å². The maximum Gasteiger partial charge on any atom is 0.473 e. The van der Waals surface area contributed by atoms with Crippen molar-refractivity contribution in [3.63, 3.8) is 0 Å². The SMILES string of the molecule is O=COC(F)(F)C(F)(F)C(F)(F)C(F)(F)C(F)(F)C(F)(F)C(F)(F)C(F)(F)C(F)(F)F. The Labute approximate surface area is 154 Å². The predicted molar refractivity (Wildman–Crippen MR) is 52.8 cm³/mol. The van der Waals surface area contributed by atoms with E-state index in [-0.39, 0.29) is 0 Å². The van der Waals surface area contributed by atoms with Crippen LogP contribution in [0.1, 0.15) is 0 Å². The fourth-order valence-corrected chi connectivity index (χ4v) is 1.48. The summed E-state index contributed by atoms with van der Waals surface area (Å²) in [5.41, 5.74) is 0. The van der Waals surface area contributed by atoms with Gasteiger partial charge in [0.2, 0.25) is 0 Å². The van der Waals surface area contributed by atoms with E-state index in [1.165, 1.54) is 0 Å². The molecule has 0 unspecified atom stereocenters. The summed E-state index contributed by atoms with van der Waals surface area (Å²) in [7, 11) is 0. The molecule has 0 bridgehead atoms. The first-order valence-electron chi connectivity index (χ1n) is 6.27. The average Bonchev–Trinajstić information content (AvgIpc) is 2.52. The Morgan fingerprint density at radius 1 is 0.387 bits per heavy atom. The molecule has 0 fully saturated rings. The molecule has 0 aromatic heterocycles. The molecule has 0 saturated heterocycles. The Morgan fingerprint density at radius 3 is 0.839 bits per heavy atom. The Morgan fingerprint density at radius 2 is 0.613 bits per heavy atom. The highest BCUT2D eigenvalue weighted by molar-refractivity contribution is 5.38. The lowest BCUT2D eigenvalue weighted by molar-refractivity contribution is -0.477. The third-order valence-electron chi connectivity index (χ3n) is 3.28. The molecule has 0 saturated carbocycles. The highest BCUT2D eigenvalue weighted by atomic mass is 19.4. The van der Waals surface area contributed by atoms with Gasteiger partial charge >= 0.3 is 53.7 Å². The predicted octanol–water partition coefficient (Wildman–Crippen LogP) is 5.76. The van der Waals surface area contributed by atoms with Gasteiger partial charge in [-0.15, -0.1) is 0 Å². The second-order valence-electron chi connectivity index (χ2n) is 5.25. The Hall–Kier alpha value is -1.86. The van der Waals surface area contributed by atoms with Crippen molar-refractivity contribution in [3.8, 4) is 0 Å². The molecule has 0 spiro atoms. The zero-order valence-electron chi connectivity index (χ0n) is 13.1. The quantitative estimate of drug-likeness (QED) is 0.289. The summed E-state index contributed by atoms with van der Waals surface area (Å²) in [6.07, 6.45) is -15.2. The lowest BCUT2D eigenvalue weighted by Crippen LogP contribution is -2.75. The highest BCUT2D eigenvalue weighted by Gasteiger charge is 2.97. The molecule has 0 amide bonds. The van der Waals surface area contributed by atoms with Gasteiger partial charge in [0.25, 0.3) is 6.47 Å². The summed E-state index contributed by atoms with van der Waals surface area (Å²) in [5, 5.41) is 0. The number of hydrogen-bond donors (Lipinski definition) is 0. The molecule has 0 heterocycles. The number of halogens is 19. The van der Waals surface area contributed by atoms with Crippen LogP contribution in [0.2, 0.25) is 0 Å². The van der Waals surface area contributed by atoms with Gasteiger partial charge in [0, 0.05) is 0 Å². The van der Waals surface area contributed by atoms with Crippen LogP contribution in [-0.4, -0.2) is 60.2 Å². The molecular formula is C10HF19O2. The van der Waals surface area contributed by atoms with Crippen molar-refractivity contribution in [1.82, 2.24) is 0 Å². The molecular weight excluding hydrogens is 513 g/mol. The second kappa shape index (κ2) is 7.07. The summed E-state index contributed by atoms with van der Waals surface area (Å²) >= 11 is 0. The Balaban J connectivity index is 6.87. The fourth-order valence-electron chi connectivity index (χ4n) is 1.48. The molecule has 2 nitrogen and oxygen atoms in total. The van der Waals surface area contributed by atoms with Crippen molar-refractivity contribution in [2.75, 3.05) is 0 Å². The highest BCUT2D eigenvalue weighted by Crippen LogP contribution is 2.65. The number of rotatable bonds is 9. The third-order valence-corrected chi connectivity index (χ3v) is 3.28. The van der Waals surface area contributed by atoms with Gasteiger partial charge in [0.15, 0.2) is 0 Å². The van der Waals surface area contributed by atoms with Crippen molar-refractivity contribution in [3.05, 3.63) is 0 Å². The van der Waals surface area contributed by atoms with Gasteiger partial charge in [-0.05, 0) is 0 Å². The molecule has 21 heteroatoms. The van der Waals surface area contributed by atoms with Gasteiger partial charge in [0.1, 0.15) is 0 Å². The van der Waals surface area contributed by atoms with E-state index in [1.54, 1.807) is 0 Å². The van der Waals surface area contributed by atoms with Crippen molar-refractivity contribution in [1.29, 1.82) is 0 Å². The number of hydrogen-bond acceptors (Lipinski definition) is 2. The normalized spacial score (nSPS) is 16.4. The Kier molecular flexibility index (Phi) is 6.65. The van der Waals surface area contributed by atoms with E-state index < -0.39 is 60.2 Å². The molecule has 0 atom stereocenters. The van der Waals surface area contributed by atoms with Crippen LogP contribution < -0.4 is 0 Å². The van der Waals surface area contributed by atoms with E-state index >= 15 is 0 Å². The average molecular weight is 514 g/mol. The summed E-state index contributed by atoms with van der Waals surface area (Å²) in [5.74, 6) is -60.8. The van der Waals surface area contributed by atoms with Crippen LogP contribution >= 0.6 is 0 Å². The largest absolute Gasteiger partial charge is 0.473 e. The van der Waals surface area contributed by atoms with Gasteiger partial charge in [0.05, 0.1) is 0 Å². The molecule has 0 N–H and O–H groups in total. The van der Waals surface area contributed by atoms with Crippen LogP contribution in [0.3, 0.4) is 0 Å². The molecule has 0 aromatic rings. The maximum absolute atomic E-state index is 13.2. The summed E-state index contributed by atoms with van der Waals surface area (Å²) < 4.78 is 244. The summed E-state index contributed by atoms with van der Waals surface area (Å²) in [6.45, 7) is -1.88. The minimum Gasteiger partial charge on any atom is -0.398 e. The third kappa shape index (κ3) is 3.50. The van der Waals surface area contributed by atoms with Gasteiger partial charge < -0.3 is 4.74 Å². The smallest absolute Gasteiger partial charge is 0.398 e. The lowest BCUT2D eigenvalue weighted by atomic mass is 9.88. The van der Waals surface area contributed by atoms with Crippen molar-refractivity contribution in [2.45, 2.75) is 53.7 Å². The zero-order chi connectivity index (χ0) is 25.9. The summed E-state index contributed by atoms with van der Waals surface area (Å²) in [4.78, 5) is 9.51. The zero-order valence-corrected chi connectivity index (χ0v) is 13.1. The summed E-state index contributed by atoms with van der Waals surface area (Å²) in [6, 6.07) is 0. The van der Waals surface area contributed by atoms with Crippen LogP contribution in [0.4, 0.5) is 83.4 Å². The molecule has 0 radical (unpaired) electrons.